The van der Waals surface area contributed by atoms with Crippen LogP contribution in [0.4, 0.5) is 0 Å². The Kier molecular flexibility index (Phi) is 7.54. The molecular formula is C34H31ClN4O3S. The Bertz CT molecular complexity index is 1980. The zero-order valence-corrected chi connectivity index (χ0v) is 26.4. The number of benzene rings is 3. The Morgan fingerprint density at radius 3 is 2.35 bits per heavy atom. The molecule has 1 unspecified atom stereocenters. The van der Waals surface area contributed by atoms with E-state index in [0.29, 0.717) is 5.02 Å². The van der Waals surface area contributed by atoms with Crippen molar-refractivity contribution in [2.45, 2.75) is 39.4 Å². The summed E-state index contributed by atoms with van der Waals surface area (Å²) in [5.41, 5.74) is 7.58. The van der Waals surface area contributed by atoms with Crippen molar-refractivity contribution in [1.29, 1.82) is 0 Å². The first kappa shape index (κ1) is 29.0. The summed E-state index contributed by atoms with van der Waals surface area (Å²) in [5, 5.41) is 7.32. The Hall–Kier alpha value is -4.11. The third-order valence-electron chi connectivity index (χ3n) is 7.26. The third kappa shape index (κ3) is 5.54. The highest BCUT2D eigenvalue weighted by atomic mass is 35.5. The minimum atomic E-state index is -0.930. The molecule has 0 bridgehead atoms. The first-order valence-electron chi connectivity index (χ1n) is 13.9. The predicted molar refractivity (Wildman–Crippen MR) is 173 cm³/mol. The number of thiazole rings is 1. The number of aryl methyl sites for hydroxylation is 2. The average molecular weight is 611 g/mol. The van der Waals surface area contributed by atoms with Crippen molar-refractivity contribution in [2.75, 3.05) is 7.11 Å². The number of carbonyl (C=O) groups excluding carboxylic acids is 1. The fourth-order valence-electron chi connectivity index (χ4n) is 5.38. The van der Waals surface area contributed by atoms with Crippen molar-refractivity contribution in [3.05, 3.63) is 89.2 Å². The smallest absolute Gasteiger partial charge is 0.339 e. The largest absolute Gasteiger partial charge is 0.467 e. The highest BCUT2D eigenvalue weighted by Gasteiger charge is 2.33. The van der Waals surface area contributed by atoms with Gasteiger partial charge in [0.15, 0.2) is 6.10 Å². The van der Waals surface area contributed by atoms with Crippen LogP contribution in [0.1, 0.15) is 38.0 Å². The van der Waals surface area contributed by atoms with Crippen molar-refractivity contribution in [3.63, 3.8) is 0 Å². The second-order valence-corrected chi connectivity index (χ2v) is 12.9. The number of halogens is 1. The van der Waals surface area contributed by atoms with Crippen LogP contribution in [-0.2, 0) is 21.3 Å². The van der Waals surface area contributed by atoms with Gasteiger partial charge in [-0.05, 0) is 87.4 Å². The number of nitrogens with zero attached hydrogens (tertiary/aromatic N) is 4. The Balaban J connectivity index is 1.59. The molecule has 0 saturated heterocycles. The van der Waals surface area contributed by atoms with Gasteiger partial charge in [-0.1, -0.05) is 23.7 Å². The van der Waals surface area contributed by atoms with Gasteiger partial charge in [0.25, 0.3) is 0 Å². The summed E-state index contributed by atoms with van der Waals surface area (Å²) in [6.45, 7) is 7.77. The quantitative estimate of drug-likeness (QED) is 0.176. The molecule has 0 amide bonds. The SMILES string of the molecule is COC(=O)C(OC(C)(C)C)c1c(C)cc2nc(-c3ccc4c(c3)c(-c3ccncc3)nn4C)sc2c1-c1ccc(Cl)cc1. The van der Waals surface area contributed by atoms with E-state index in [-0.39, 0.29) is 0 Å². The number of esters is 1. The number of fused-ring (bicyclic) bond motifs is 2. The molecule has 0 fully saturated rings. The Morgan fingerprint density at radius 1 is 0.977 bits per heavy atom. The minimum absolute atomic E-state index is 0.456. The molecule has 6 aromatic rings. The van der Waals surface area contributed by atoms with E-state index in [0.717, 1.165) is 65.2 Å². The number of carbonyl (C=O) groups is 1. The van der Waals surface area contributed by atoms with Gasteiger partial charge in [-0.25, -0.2) is 9.78 Å². The molecule has 1 atom stereocenters. The molecule has 0 N–H and O–H groups in total. The molecule has 0 saturated carbocycles. The first-order valence-corrected chi connectivity index (χ1v) is 15.1. The number of methoxy groups -OCH3 is 1. The summed E-state index contributed by atoms with van der Waals surface area (Å²) in [6, 6.07) is 19.9. The van der Waals surface area contributed by atoms with Gasteiger partial charge in [-0.3, -0.25) is 9.67 Å². The van der Waals surface area contributed by atoms with Crippen LogP contribution in [0.2, 0.25) is 5.02 Å². The number of aromatic nitrogens is 4. The maximum atomic E-state index is 13.2. The minimum Gasteiger partial charge on any atom is -0.467 e. The highest BCUT2D eigenvalue weighted by molar-refractivity contribution is 7.22. The molecule has 6 rings (SSSR count). The molecule has 0 aliphatic rings. The van der Waals surface area contributed by atoms with Crippen LogP contribution in [0.25, 0.3) is 54.1 Å². The van der Waals surface area contributed by atoms with Crippen molar-refractivity contribution in [2.24, 2.45) is 7.05 Å². The lowest BCUT2D eigenvalue weighted by atomic mass is 9.91. The van der Waals surface area contributed by atoms with E-state index in [1.807, 2.05) is 81.9 Å². The van der Waals surface area contributed by atoms with Crippen molar-refractivity contribution in [3.8, 4) is 33.0 Å². The predicted octanol–water partition coefficient (Wildman–Crippen LogP) is 8.57. The van der Waals surface area contributed by atoms with Gasteiger partial charge in [-0.2, -0.15) is 5.10 Å². The number of hydrogen-bond donors (Lipinski definition) is 0. The van der Waals surface area contributed by atoms with Gasteiger partial charge < -0.3 is 9.47 Å². The van der Waals surface area contributed by atoms with Crippen LogP contribution < -0.4 is 0 Å². The van der Waals surface area contributed by atoms with Crippen molar-refractivity contribution >= 4 is 50.0 Å². The number of rotatable bonds is 6. The van der Waals surface area contributed by atoms with Crippen LogP contribution in [0.5, 0.6) is 0 Å². The summed E-state index contributed by atoms with van der Waals surface area (Å²) < 4.78 is 14.4. The Morgan fingerprint density at radius 2 is 1.67 bits per heavy atom. The molecule has 3 aromatic heterocycles. The standard InChI is InChI=1S/C34H31ClN4O3S/c1-19-17-25-31(28(20-7-10-23(35)11-8-20)27(19)30(33(40)41-6)42-34(2,3)4)43-32(37-25)22-9-12-26-24(18-22)29(38-39(26)5)21-13-15-36-16-14-21/h7-18,30H,1-6H3. The molecule has 3 heterocycles. The van der Waals surface area contributed by atoms with Gasteiger partial charge in [0.1, 0.15) is 10.7 Å². The van der Waals surface area contributed by atoms with E-state index in [4.69, 9.17) is 31.2 Å². The van der Waals surface area contributed by atoms with Crippen LogP contribution in [0, 0.1) is 6.92 Å². The van der Waals surface area contributed by atoms with Gasteiger partial charge >= 0.3 is 5.97 Å². The maximum absolute atomic E-state index is 13.2. The normalized spacial score (nSPS) is 12.6. The van der Waals surface area contributed by atoms with Crippen LogP contribution in [0.3, 0.4) is 0 Å². The zero-order chi connectivity index (χ0) is 30.5. The second-order valence-electron chi connectivity index (χ2n) is 11.4. The second kappa shape index (κ2) is 11.2. The number of ether oxygens (including phenoxy) is 2. The zero-order valence-electron chi connectivity index (χ0n) is 24.8. The van der Waals surface area contributed by atoms with Gasteiger partial charge in [0, 0.05) is 52.1 Å². The molecule has 0 aliphatic carbocycles. The third-order valence-corrected chi connectivity index (χ3v) is 8.65. The van der Waals surface area contributed by atoms with E-state index in [1.165, 1.54) is 7.11 Å². The lowest BCUT2D eigenvalue weighted by Crippen LogP contribution is -2.29. The molecule has 218 valence electrons. The monoisotopic (exact) mass is 610 g/mol. The molecule has 0 radical (unpaired) electrons. The highest BCUT2D eigenvalue weighted by Crippen LogP contribution is 2.45. The van der Waals surface area contributed by atoms with Crippen LogP contribution in [0.15, 0.2) is 73.1 Å². The lowest BCUT2D eigenvalue weighted by molar-refractivity contribution is -0.164. The molecule has 3 aromatic carbocycles. The fourth-order valence-corrected chi connectivity index (χ4v) is 6.63. The van der Waals surface area contributed by atoms with Crippen molar-refractivity contribution < 1.29 is 14.3 Å². The summed E-state index contributed by atoms with van der Waals surface area (Å²) >= 11 is 7.86. The van der Waals surface area contributed by atoms with Gasteiger partial charge in [0.2, 0.25) is 0 Å². The van der Waals surface area contributed by atoms with E-state index in [9.17, 15) is 4.79 Å². The van der Waals surface area contributed by atoms with Crippen molar-refractivity contribution in [1.82, 2.24) is 19.7 Å². The molecule has 0 aliphatic heterocycles. The maximum Gasteiger partial charge on any atom is 0.339 e. The van der Waals surface area contributed by atoms with Crippen LogP contribution >= 0.6 is 22.9 Å². The fraction of sp³-hybridized carbons (Fsp3) is 0.235. The molecule has 0 spiro atoms. The number of pyridine rings is 1. The average Bonchev–Trinajstić information content (AvgIpc) is 3.56. The topological polar surface area (TPSA) is 79.1 Å². The Labute approximate surface area is 259 Å². The lowest BCUT2D eigenvalue weighted by Gasteiger charge is -2.28. The van der Waals surface area contributed by atoms with E-state index >= 15 is 0 Å². The summed E-state index contributed by atoms with van der Waals surface area (Å²) in [5.74, 6) is -0.456. The van der Waals surface area contributed by atoms with Gasteiger partial charge in [-0.15, -0.1) is 11.3 Å². The molecule has 43 heavy (non-hydrogen) atoms. The molecule has 7 nitrogen and oxygen atoms in total. The summed E-state index contributed by atoms with van der Waals surface area (Å²) in [4.78, 5) is 22.5. The summed E-state index contributed by atoms with van der Waals surface area (Å²) in [7, 11) is 3.33. The van der Waals surface area contributed by atoms with E-state index in [2.05, 4.69) is 23.2 Å². The first-order chi connectivity index (χ1) is 20.5. The molecule has 9 heteroatoms. The van der Waals surface area contributed by atoms with Gasteiger partial charge in [0.05, 0.1) is 28.4 Å². The van der Waals surface area contributed by atoms with E-state index in [1.54, 1.807) is 23.7 Å². The van der Waals surface area contributed by atoms with E-state index < -0.39 is 17.7 Å². The number of hydrogen-bond acceptors (Lipinski definition) is 7. The van der Waals surface area contributed by atoms with Crippen LogP contribution in [-0.4, -0.2) is 38.4 Å². The summed E-state index contributed by atoms with van der Waals surface area (Å²) in [6.07, 6.45) is 2.62. The molecular weight excluding hydrogens is 580 g/mol.